The second-order valence-electron chi connectivity index (χ2n) is 7.11. The molecule has 2 aromatic carbocycles. The molecule has 1 aromatic heterocycles. The highest BCUT2D eigenvalue weighted by atomic mass is 32.2. The van der Waals surface area contributed by atoms with Crippen molar-refractivity contribution in [1.82, 2.24) is 9.55 Å². The molecule has 0 aliphatic carbocycles. The van der Waals surface area contributed by atoms with Crippen LogP contribution in [0.5, 0.6) is 5.75 Å². The fraction of sp³-hybridized carbons (Fsp3) is 0.333. The van der Waals surface area contributed by atoms with Gasteiger partial charge in [-0.3, -0.25) is 14.2 Å². The normalized spacial score (nSPS) is 10.7. The van der Waals surface area contributed by atoms with E-state index < -0.39 is 0 Å². The number of para-hydroxylation sites is 1. The van der Waals surface area contributed by atoms with Gasteiger partial charge in [-0.15, -0.1) is 0 Å². The van der Waals surface area contributed by atoms with Gasteiger partial charge < -0.3 is 14.7 Å². The van der Waals surface area contributed by atoms with Crippen LogP contribution in [-0.2, 0) is 11.3 Å². The zero-order chi connectivity index (χ0) is 23.6. The molecule has 0 atom stereocenters. The fourth-order valence-corrected chi connectivity index (χ4v) is 4.24. The second kappa shape index (κ2) is 12.0. The van der Waals surface area contributed by atoms with E-state index >= 15 is 0 Å². The lowest BCUT2D eigenvalue weighted by Gasteiger charge is -2.22. The SMILES string of the molecule is CCOc1ccc(N(CCC#N)C(=O)CSc2nc3ccccc3c(=O)n2CCCO)cc1. The van der Waals surface area contributed by atoms with Crippen molar-refractivity contribution in [3.8, 4) is 11.8 Å². The molecule has 1 N–H and O–H groups in total. The predicted octanol–water partition coefficient (Wildman–Crippen LogP) is 3.22. The number of rotatable bonds is 11. The van der Waals surface area contributed by atoms with E-state index in [0.29, 0.717) is 47.1 Å². The average Bonchev–Trinajstić information content (AvgIpc) is 2.83. The summed E-state index contributed by atoms with van der Waals surface area (Å²) in [7, 11) is 0. The lowest BCUT2D eigenvalue weighted by Crippen LogP contribution is -2.33. The summed E-state index contributed by atoms with van der Waals surface area (Å²) in [5, 5.41) is 19.2. The molecular formula is C24H26N4O4S. The Kier molecular flexibility index (Phi) is 8.87. The van der Waals surface area contributed by atoms with E-state index in [4.69, 9.17) is 10.00 Å². The summed E-state index contributed by atoms with van der Waals surface area (Å²) in [4.78, 5) is 32.2. The number of carbonyl (C=O) groups is 1. The third kappa shape index (κ3) is 6.12. The van der Waals surface area contributed by atoms with Crippen molar-refractivity contribution in [1.29, 1.82) is 5.26 Å². The van der Waals surface area contributed by atoms with Gasteiger partial charge in [-0.25, -0.2) is 4.98 Å². The van der Waals surface area contributed by atoms with Crippen LogP contribution in [0.1, 0.15) is 19.8 Å². The molecule has 0 aliphatic heterocycles. The molecule has 3 aromatic rings. The minimum absolute atomic E-state index is 0.0442. The lowest BCUT2D eigenvalue weighted by molar-refractivity contribution is -0.116. The molecule has 0 fully saturated rings. The average molecular weight is 467 g/mol. The van der Waals surface area contributed by atoms with Crippen LogP contribution in [0.25, 0.3) is 10.9 Å². The van der Waals surface area contributed by atoms with E-state index in [1.807, 2.05) is 13.0 Å². The molecular weight excluding hydrogens is 440 g/mol. The van der Waals surface area contributed by atoms with Gasteiger partial charge >= 0.3 is 0 Å². The first-order chi connectivity index (χ1) is 16.1. The Labute approximate surface area is 196 Å². The zero-order valence-corrected chi connectivity index (χ0v) is 19.3. The smallest absolute Gasteiger partial charge is 0.262 e. The number of carbonyl (C=O) groups excluding carboxylic acids is 1. The van der Waals surface area contributed by atoms with E-state index in [1.165, 1.54) is 16.3 Å². The van der Waals surface area contributed by atoms with Crippen molar-refractivity contribution in [2.24, 2.45) is 0 Å². The van der Waals surface area contributed by atoms with E-state index in [0.717, 1.165) is 0 Å². The number of ether oxygens (including phenoxy) is 1. The first kappa shape index (κ1) is 24.3. The Morgan fingerprint density at radius 3 is 2.70 bits per heavy atom. The number of anilines is 1. The maximum Gasteiger partial charge on any atom is 0.262 e. The quantitative estimate of drug-likeness (QED) is 0.341. The van der Waals surface area contributed by atoms with Gasteiger partial charge in [0.2, 0.25) is 5.91 Å². The van der Waals surface area contributed by atoms with E-state index in [2.05, 4.69) is 11.1 Å². The summed E-state index contributed by atoms with van der Waals surface area (Å²) in [5.41, 5.74) is 1.03. The van der Waals surface area contributed by atoms with Crippen LogP contribution < -0.4 is 15.2 Å². The molecule has 1 amide bonds. The minimum Gasteiger partial charge on any atom is -0.494 e. The number of amides is 1. The maximum absolute atomic E-state index is 13.1. The number of aliphatic hydroxyl groups is 1. The van der Waals surface area contributed by atoms with Gasteiger partial charge in [0.1, 0.15) is 5.75 Å². The van der Waals surface area contributed by atoms with Crippen molar-refractivity contribution in [3.63, 3.8) is 0 Å². The molecule has 172 valence electrons. The van der Waals surface area contributed by atoms with Gasteiger partial charge in [0.15, 0.2) is 5.16 Å². The second-order valence-corrected chi connectivity index (χ2v) is 8.06. The van der Waals surface area contributed by atoms with E-state index in [1.54, 1.807) is 47.4 Å². The van der Waals surface area contributed by atoms with E-state index in [-0.39, 0.29) is 36.8 Å². The molecule has 3 rings (SSSR count). The largest absolute Gasteiger partial charge is 0.494 e. The van der Waals surface area contributed by atoms with Crippen molar-refractivity contribution >= 4 is 34.3 Å². The van der Waals surface area contributed by atoms with Crippen molar-refractivity contribution in [2.75, 3.05) is 30.4 Å². The molecule has 1 heterocycles. The molecule has 8 nitrogen and oxygen atoms in total. The van der Waals surface area contributed by atoms with Crippen LogP contribution in [0.3, 0.4) is 0 Å². The molecule has 9 heteroatoms. The standard InChI is InChI=1S/C24H26N4O4S/c1-2-32-19-11-9-18(10-12-19)27(14-5-13-25)22(30)17-33-24-26-21-8-4-3-7-20(21)23(31)28(24)15-6-16-29/h3-4,7-12,29H,2,5-6,14-17H2,1H3. The number of aromatic nitrogens is 2. The Morgan fingerprint density at radius 2 is 2.00 bits per heavy atom. The predicted molar refractivity (Wildman–Crippen MR) is 129 cm³/mol. The number of thioether (sulfide) groups is 1. The topological polar surface area (TPSA) is 108 Å². The Bertz CT molecular complexity index is 1190. The van der Waals surface area contributed by atoms with Crippen molar-refractivity contribution in [2.45, 2.75) is 31.5 Å². The van der Waals surface area contributed by atoms with E-state index in [9.17, 15) is 14.7 Å². The number of aliphatic hydroxyl groups excluding tert-OH is 1. The first-order valence-electron chi connectivity index (χ1n) is 10.7. The Hall–Kier alpha value is -3.35. The maximum atomic E-state index is 13.1. The third-order valence-electron chi connectivity index (χ3n) is 4.90. The first-order valence-corrected chi connectivity index (χ1v) is 11.7. The molecule has 0 bridgehead atoms. The zero-order valence-electron chi connectivity index (χ0n) is 18.4. The Morgan fingerprint density at radius 1 is 1.24 bits per heavy atom. The monoisotopic (exact) mass is 466 g/mol. The van der Waals surface area contributed by atoms with Gasteiger partial charge in [0.05, 0.1) is 35.8 Å². The summed E-state index contributed by atoms with van der Waals surface area (Å²) < 4.78 is 6.97. The minimum atomic E-state index is -0.199. The van der Waals surface area contributed by atoms with Crippen LogP contribution in [0.15, 0.2) is 58.5 Å². The van der Waals surface area contributed by atoms with Gasteiger partial charge in [-0.1, -0.05) is 23.9 Å². The van der Waals surface area contributed by atoms with Gasteiger partial charge in [-0.2, -0.15) is 5.26 Å². The van der Waals surface area contributed by atoms with Crippen LogP contribution in [-0.4, -0.2) is 46.1 Å². The molecule has 0 spiro atoms. The number of fused-ring (bicyclic) bond motifs is 1. The number of nitrogens with zero attached hydrogens (tertiary/aromatic N) is 4. The van der Waals surface area contributed by atoms with Crippen LogP contribution >= 0.6 is 11.8 Å². The van der Waals surface area contributed by atoms with Crippen molar-refractivity contribution in [3.05, 3.63) is 58.9 Å². The van der Waals surface area contributed by atoms with Crippen LogP contribution in [0.4, 0.5) is 5.69 Å². The van der Waals surface area contributed by atoms with Gasteiger partial charge in [-0.05, 0) is 49.7 Å². The number of benzene rings is 2. The molecule has 0 unspecified atom stereocenters. The summed E-state index contributed by atoms with van der Waals surface area (Å²) in [5.74, 6) is 0.551. The van der Waals surface area contributed by atoms with Gasteiger partial charge in [0.25, 0.3) is 5.56 Å². The number of hydrogen-bond donors (Lipinski definition) is 1. The van der Waals surface area contributed by atoms with Crippen molar-refractivity contribution < 1.29 is 14.6 Å². The molecule has 33 heavy (non-hydrogen) atoms. The van der Waals surface area contributed by atoms with Crippen LogP contribution in [0, 0.1) is 11.3 Å². The number of hydrogen-bond acceptors (Lipinski definition) is 7. The molecule has 0 aliphatic rings. The lowest BCUT2D eigenvalue weighted by atomic mass is 10.2. The third-order valence-corrected chi connectivity index (χ3v) is 5.86. The molecule has 0 saturated heterocycles. The highest BCUT2D eigenvalue weighted by Gasteiger charge is 2.18. The fourth-order valence-electron chi connectivity index (χ4n) is 3.34. The summed E-state index contributed by atoms with van der Waals surface area (Å²) >= 11 is 1.17. The highest BCUT2D eigenvalue weighted by Crippen LogP contribution is 2.23. The molecule has 0 radical (unpaired) electrons. The van der Waals surface area contributed by atoms with Gasteiger partial charge in [0, 0.05) is 25.4 Å². The summed E-state index contributed by atoms with van der Waals surface area (Å²) in [6.45, 7) is 2.95. The summed E-state index contributed by atoms with van der Waals surface area (Å²) in [6.07, 6.45) is 0.598. The molecule has 0 saturated carbocycles. The van der Waals surface area contributed by atoms with Crippen LogP contribution in [0.2, 0.25) is 0 Å². The summed E-state index contributed by atoms with van der Waals surface area (Å²) in [6, 6.07) is 16.3. The Balaban J connectivity index is 1.84. The highest BCUT2D eigenvalue weighted by molar-refractivity contribution is 7.99. The number of nitriles is 1.